The summed E-state index contributed by atoms with van der Waals surface area (Å²) in [4.78, 5) is 17.6. The fourth-order valence-corrected chi connectivity index (χ4v) is 2.99. The number of nitrogens with zero attached hydrogens (tertiary/aromatic N) is 2. The first-order valence-electron chi connectivity index (χ1n) is 6.40. The normalized spacial score (nSPS) is 12.7. The average molecular weight is 304 g/mol. The molecule has 3 rings (SSSR count). The molecule has 0 saturated heterocycles. The van der Waals surface area contributed by atoms with Gasteiger partial charge in [-0.25, -0.2) is 9.37 Å². The van der Waals surface area contributed by atoms with Gasteiger partial charge in [0, 0.05) is 12.0 Å². The van der Waals surface area contributed by atoms with Crippen molar-refractivity contribution in [2.45, 2.75) is 12.6 Å². The Morgan fingerprint density at radius 1 is 1.43 bits per heavy atom. The minimum atomic E-state index is -0.444. The highest BCUT2D eigenvalue weighted by Crippen LogP contribution is 2.23. The highest BCUT2D eigenvalue weighted by atomic mass is 32.1. The monoisotopic (exact) mass is 304 g/mol. The van der Waals surface area contributed by atoms with Crippen LogP contribution in [-0.4, -0.2) is 16.7 Å². The minimum Gasteiger partial charge on any atom is -0.374 e. The molecule has 6 heteroatoms. The standard InChI is InChI=1S/C15H13FN2O2S/c1-20-13(14-3-2-6-21-14)8-18-9-17-12-5-4-10(16)7-11(12)15(18)19/h2-7,9,13H,8H2,1H3/t13-/m0/s1. The lowest BCUT2D eigenvalue weighted by atomic mass is 10.2. The molecule has 0 saturated carbocycles. The van der Waals surface area contributed by atoms with Crippen LogP contribution >= 0.6 is 11.3 Å². The first kappa shape index (κ1) is 13.9. The van der Waals surface area contributed by atoms with Crippen molar-refractivity contribution in [1.82, 2.24) is 9.55 Å². The molecule has 0 aliphatic rings. The first-order valence-corrected chi connectivity index (χ1v) is 7.28. The van der Waals surface area contributed by atoms with Crippen molar-refractivity contribution >= 4 is 22.2 Å². The van der Waals surface area contributed by atoms with Crippen molar-refractivity contribution in [3.63, 3.8) is 0 Å². The molecule has 0 aliphatic carbocycles. The van der Waals surface area contributed by atoms with Gasteiger partial charge in [0.05, 0.1) is 23.8 Å². The molecule has 108 valence electrons. The Morgan fingerprint density at radius 3 is 3.00 bits per heavy atom. The number of hydrogen-bond donors (Lipinski definition) is 0. The maximum absolute atomic E-state index is 13.3. The molecule has 21 heavy (non-hydrogen) atoms. The number of rotatable bonds is 4. The molecule has 4 nitrogen and oxygen atoms in total. The summed E-state index contributed by atoms with van der Waals surface area (Å²) in [6.07, 6.45) is 1.25. The van der Waals surface area contributed by atoms with E-state index in [2.05, 4.69) is 4.98 Å². The van der Waals surface area contributed by atoms with Crippen molar-refractivity contribution in [2.24, 2.45) is 0 Å². The van der Waals surface area contributed by atoms with E-state index in [4.69, 9.17) is 4.74 Å². The van der Waals surface area contributed by atoms with Crippen molar-refractivity contribution in [3.05, 3.63) is 63.1 Å². The third kappa shape index (κ3) is 2.72. The number of aromatic nitrogens is 2. The third-order valence-corrected chi connectivity index (χ3v) is 4.26. The predicted octanol–water partition coefficient (Wildman–Crippen LogP) is 2.98. The number of thiophene rings is 1. The van der Waals surface area contributed by atoms with Crippen LogP contribution in [0.5, 0.6) is 0 Å². The number of fused-ring (bicyclic) bond motifs is 1. The lowest BCUT2D eigenvalue weighted by Crippen LogP contribution is -2.24. The Morgan fingerprint density at radius 2 is 2.29 bits per heavy atom. The molecule has 0 N–H and O–H groups in total. The zero-order chi connectivity index (χ0) is 14.8. The molecule has 1 atom stereocenters. The zero-order valence-electron chi connectivity index (χ0n) is 11.3. The van der Waals surface area contributed by atoms with Crippen LogP contribution in [0.3, 0.4) is 0 Å². The summed E-state index contributed by atoms with van der Waals surface area (Å²) in [5, 5.41) is 2.23. The summed E-state index contributed by atoms with van der Waals surface area (Å²) >= 11 is 1.57. The van der Waals surface area contributed by atoms with E-state index >= 15 is 0 Å². The lowest BCUT2D eigenvalue weighted by Gasteiger charge is -2.15. The third-order valence-electron chi connectivity index (χ3n) is 3.29. The van der Waals surface area contributed by atoms with Gasteiger partial charge in [0.25, 0.3) is 5.56 Å². The predicted molar refractivity (Wildman–Crippen MR) is 80.0 cm³/mol. The van der Waals surface area contributed by atoms with Gasteiger partial charge in [-0.05, 0) is 29.6 Å². The van der Waals surface area contributed by atoms with Crippen LogP contribution in [0.2, 0.25) is 0 Å². The number of hydrogen-bond acceptors (Lipinski definition) is 4. The molecule has 2 heterocycles. The second kappa shape index (κ2) is 5.75. The van der Waals surface area contributed by atoms with Crippen molar-refractivity contribution in [1.29, 1.82) is 0 Å². The summed E-state index contributed by atoms with van der Waals surface area (Å²) in [5.41, 5.74) is 0.223. The van der Waals surface area contributed by atoms with Gasteiger partial charge in [-0.15, -0.1) is 11.3 Å². The minimum absolute atomic E-state index is 0.226. The Hall–Kier alpha value is -2.05. The maximum Gasteiger partial charge on any atom is 0.261 e. The van der Waals surface area contributed by atoms with E-state index in [9.17, 15) is 9.18 Å². The second-order valence-electron chi connectivity index (χ2n) is 4.60. The summed E-state index contributed by atoms with van der Waals surface area (Å²) in [5.74, 6) is -0.444. The molecule has 0 radical (unpaired) electrons. The Bertz CT molecular complexity index is 814. The molecule has 0 aliphatic heterocycles. The fourth-order valence-electron chi connectivity index (χ4n) is 2.20. The van der Waals surface area contributed by atoms with Gasteiger partial charge < -0.3 is 4.74 Å². The fraction of sp³-hybridized carbons (Fsp3) is 0.200. The van der Waals surface area contributed by atoms with E-state index in [1.54, 1.807) is 18.4 Å². The molecule has 0 unspecified atom stereocenters. The van der Waals surface area contributed by atoms with Crippen molar-refractivity contribution in [3.8, 4) is 0 Å². The van der Waals surface area contributed by atoms with Gasteiger partial charge in [0.2, 0.25) is 0 Å². The Balaban J connectivity index is 2.01. The number of benzene rings is 1. The van der Waals surface area contributed by atoms with Crippen LogP contribution < -0.4 is 5.56 Å². The largest absolute Gasteiger partial charge is 0.374 e. The van der Waals surface area contributed by atoms with E-state index in [0.717, 1.165) is 4.88 Å². The van der Waals surface area contributed by atoms with Crippen molar-refractivity contribution < 1.29 is 9.13 Å². The highest BCUT2D eigenvalue weighted by Gasteiger charge is 2.14. The molecule has 0 bridgehead atoms. The second-order valence-corrected chi connectivity index (χ2v) is 5.58. The zero-order valence-corrected chi connectivity index (χ0v) is 12.1. The average Bonchev–Trinajstić information content (AvgIpc) is 3.01. The lowest BCUT2D eigenvalue weighted by molar-refractivity contribution is 0.0897. The van der Waals surface area contributed by atoms with Gasteiger partial charge >= 0.3 is 0 Å². The highest BCUT2D eigenvalue weighted by molar-refractivity contribution is 7.10. The van der Waals surface area contributed by atoms with Crippen LogP contribution in [0.4, 0.5) is 4.39 Å². The van der Waals surface area contributed by atoms with Crippen LogP contribution in [0.1, 0.15) is 11.0 Å². The summed E-state index contributed by atoms with van der Waals surface area (Å²) < 4.78 is 20.2. The maximum atomic E-state index is 13.3. The summed E-state index contributed by atoms with van der Waals surface area (Å²) in [7, 11) is 1.60. The van der Waals surface area contributed by atoms with Crippen LogP contribution in [0.25, 0.3) is 10.9 Å². The number of ether oxygens (including phenoxy) is 1. The molecular formula is C15H13FN2O2S. The molecule has 3 aromatic rings. The van der Waals surface area contributed by atoms with Gasteiger partial charge in [-0.1, -0.05) is 6.07 Å². The smallest absolute Gasteiger partial charge is 0.261 e. The van der Waals surface area contributed by atoms with Crippen LogP contribution in [0, 0.1) is 5.82 Å². The first-order chi connectivity index (χ1) is 10.2. The molecule has 0 amide bonds. The SMILES string of the molecule is CO[C@@H](Cn1cnc2ccc(F)cc2c1=O)c1cccs1. The van der Waals surface area contributed by atoms with Crippen molar-refractivity contribution in [2.75, 3.05) is 7.11 Å². The molecule has 0 fully saturated rings. The molecular weight excluding hydrogens is 291 g/mol. The van der Waals surface area contributed by atoms with Gasteiger partial charge in [-0.2, -0.15) is 0 Å². The topological polar surface area (TPSA) is 44.1 Å². The van der Waals surface area contributed by atoms with E-state index in [0.29, 0.717) is 12.1 Å². The molecule has 0 spiro atoms. The van der Waals surface area contributed by atoms with E-state index in [1.165, 1.54) is 29.1 Å². The van der Waals surface area contributed by atoms with Gasteiger partial charge in [-0.3, -0.25) is 9.36 Å². The van der Waals surface area contributed by atoms with Crippen LogP contribution in [0.15, 0.2) is 46.8 Å². The van der Waals surface area contributed by atoms with Gasteiger partial charge in [0.1, 0.15) is 11.9 Å². The van der Waals surface area contributed by atoms with E-state index < -0.39 is 5.82 Å². The molecule has 2 aromatic heterocycles. The Kier molecular flexibility index (Phi) is 3.81. The van der Waals surface area contributed by atoms with Crippen LogP contribution in [-0.2, 0) is 11.3 Å². The van der Waals surface area contributed by atoms with E-state index in [-0.39, 0.29) is 17.0 Å². The number of halogens is 1. The van der Waals surface area contributed by atoms with E-state index in [1.807, 2.05) is 17.5 Å². The Labute approximate surface area is 124 Å². The summed E-state index contributed by atoms with van der Waals surface area (Å²) in [6, 6.07) is 7.90. The molecule has 1 aromatic carbocycles. The quantitative estimate of drug-likeness (QED) is 0.744. The number of methoxy groups -OCH3 is 1. The van der Waals surface area contributed by atoms with Gasteiger partial charge in [0.15, 0.2) is 0 Å². The summed E-state index contributed by atoms with van der Waals surface area (Å²) in [6.45, 7) is 0.343.